The van der Waals surface area contributed by atoms with Gasteiger partial charge >= 0.3 is 12.0 Å². The molecule has 0 aliphatic carbocycles. The molecular weight excluding hydrogens is 272 g/mol. The lowest BCUT2D eigenvalue weighted by atomic mass is 9.82. The molecule has 0 spiro atoms. The first-order chi connectivity index (χ1) is 9.94. The smallest absolute Gasteiger partial charge is 0.321 e. The van der Waals surface area contributed by atoms with Gasteiger partial charge in [0.1, 0.15) is 5.75 Å². The van der Waals surface area contributed by atoms with Crippen molar-refractivity contribution in [2.75, 3.05) is 25.5 Å². The summed E-state index contributed by atoms with van der Waals surface area (Å²) in [5.74, 6) is -0.205. The molecule has 6 heteroatoms. The Morgan fingerprint density at radius 3 is 2.86 bits per heavy atom. The molecule has 0 aromatic heterocycles. The van der Waals surface area contributed by atoms with Gasteiger partial charge in [-0.25, -0.2) is 4.79 Å². The minimum atomic E-state index is -0.871. The Bertz CT molecular complexity index is 546. The molecule has 1 aliphatic rings. The molecule has 2 N–H and O–H groups in total. The van der Waals surface area contributed by atoms with Gasteiger partial charge in [-0.05, 0) is 31.9 Å². The van der Waals surface area contributed by atoms with Gasteiger partial charge in [0.05, 0.1) is 12.5 Å². The number of urea groups is 1. The predicted molar refractivity (Wildman–Crippen MR) is 78.6 cm³/mol. The standard InChI is InChI=1S/C15H20N2O4/c1-15(13(18)19)7-4-8-17(10-15)14(20)16-11-5-3-6-12(9-11)21-2/h3,5-6,9H,4,7-8,10H2,1-2H3,(H,16,20)(H,18,19). The summed E-state index contributed by atoms with van der Waals surface area (Å²) in [6.07, 6.45) is 1.28. The fourth-order valence-corrected chi connectivity index (χ4v) is 2.49. The molecule has 0 saturated carbocycles. The zero-order valence-electron chi connectivity index (χ0n) is 12.3. The zero-order valence-corrected chi connectivity index (χ0v) is 12.3. The Hall–Kier alpha value is -2.24. The highest BCUT2D eigenvalue weighted by Crippen LogP contribution is 2.30. The van der Waals surface area contributed by atoms with E-state index in [0.29, 0.717) is 30.8 Å². The number of carboxylic acid groups (broad SMARTS) is 1. The molecule has 1 fully saturated rings. The number of amides is 2. The lowest BCUT2D eigenvalue weighted by Crippen LogP contribution is -2.49. The fraction of sp³-hybridized carbons (Fsp3) is 0.467. The lowest BCUT2D eigenvalue weighted by Gasteiger charge is -2.37. The third-order valence-electron chi connectivity index (χ3n) is 3.82. The summed E-state index contributed by atoms with van der Waals surface area (Å²) in [6, 6.07) is 6.78. The maximum Gasteiger partial charge on any atom is 0.321 e. The molecule has 1 aliphatic heterocycles. The number of rotatable bonds is 3. The van der Waals surface area contributed by atoms with Crippen molar-refractivity contribution < 1.29 is 19.4 Å². The molecule has 0 radical (unpaired) electrons. The molecule has 1 atom stereocenters. The topological polar surface area (TPSA) is 78.9 Å². The van der Waals surface area contributed by atoms with Crippen LogP contribution in [0.15, 0.2) is 24.3 Å². The summed E-state index contributed by atoms with van der Waals surface area (Å²) < 4.78 is 5.10. The second kappa shape index (κ2) is 6.03. The molecule has 0 bridgehead atoms. The molecule has 2 rings (SSSR count). The number of methoxy groups -OCH3 is 1. The number of benzene rings is 1. The Labute approximate surface area is 123 Å². The van der Waals surface area contributed by atoms with E-state index in [1.807, 2.05) is 0 Å². The van der Waals surface area contributed by atoms with Gasteiger partial charge in [-0.2, -0.15) is 0 Å². The number of ether oxygens (including phenoxy) is 1. The van der Waals surface area contributed by atoms with Gasteiger partial charge in [0.2, 0.25) is 0 Å². The molecule has 1 aromatic rings. The molecule has 21 heavy (non-hydrogen) atoms. The van der Waals surface area contributed by atoms with Crippen molar-refractivity contribution >= 4 is 17.7 Å². The van der Waals surface area contributed by atoms with Crippen molar-refractivity contribution in [1.29, 1.82) is 0 Å². The number of hydrogen-bond donors (Lipinski definition) is 2. The lowest BCUT2D eigenvalue weighted by molar-refractivity contribution is -0.150. The van der Waals surface area contributed by atoms with Crippen LogP contribution in [0.25, 0.3) is 0 Å². The average Bonchev–Trinajstić information content (AvgIpc) is 2.47. The van der Waals surface area contributed by atoms with E-state index in [4.69, 9.17) is 4.74 Å². The Kier molecular flexibility index (Phi) is 4.35. The van der Waals surface area contributed by atoms with Crippen LogP contribution in [0.1, 0.15) is 19.8 Å². The van der Waals surface area contributed by atoms with E-state index in [-0.39, 0.29) is 12.6 Å². The zero-order chi connectivity index (χ0) is 15.5. The number of anilines is 1. The number of aliphatic carboxylic acids is 1. The van der Waals surface area contributed by atoms with Crippen LogP contribution in [-0.2, 0) is 4.79 Å². The molecule has 1 unspecified atom stereocenters. The predicted octanol–water partition coefficient (Wildman–Crippen LogP) is 2.41. The van der Waals surface area contributed by atoms with Crippen molar-refractivity contribution in [2.24, 2.45) is 5.41 Å². The number of piperidine rings is 1. The molecule has 1 aromatic carbocycles. The van der Waals surface area contributed by atoms with E-state index in [1.54, 1.807) is 43.2 Å². The van der Waals surface area contributed by atoms with Crippen molar-refractivity contribution in [3.05, 3.63) is 24.3 Å². The van der Waals surface area contributed by atoms with Crippen LogP contribution in [-0.4, -0.2) is 42.2 Å². The number of hydrogen-bond acceptors (Lipinski definition) is 3. The summed E-state index contributed by atoms with van der Waals surface area (Å²) in [7, 11) is 1.56. The van der Waals surface area contributed by atoms with Gasteiger partial charge < -0.3 is 20.1 Å². The molecule has 6 nitrogen and oxygen atoms in total. The number of likely N-dealkylation sites (tertiary alicyclic amines) is 1. The van der Waals surface area contributed by atoms with E-state index < -0.39 is 11.4 Å². The Morgan fingerprint density at radius 1 is 1.43 bits per heavy atom. The average molecular weight is 292 g/mol. The van der Waals surface area contributed by atoms with E-state index in [1.165, 1.54) is 0 Å². The maximum atomic E-state index is 12.3. The van der Waals surface area contributed by atoms with Crippen LogP contribution in [0, 0.1) is 5.41 Å². The summed E-state index contributed by atoms with van der Waals surface area (Å²) in [6.45, 7) is 2.47. The number of nitrogens with zero attached hydrogens (tertiary/aromatic N) is 1. The van der Waals surface area contributed by atoms with Crippen molar-refractivity contribution in [2.45, 2.75) is 19.8 Å². The molecule has 1 saturated heterocycles. The first-order valence-corrected chi connectivity index (χ1v) is 6.88. The van der Waals surface area contributed by atoms with E-state index >= 15 is 0 Å². The molecular formula is C15H20N2O4. The van der Waals surface area contributed by atoms with Gasteiger partial charge in [0.25, 0.3) is 0 Å². The fourth-order valence-electron chi connectivity index (χ4n) is 2.49. The Balaban J connectivity index is 2.04. The van der Waals surface area contributed by atoms with Crippen LogP contribution in [0.3, 0.4) is 0 Å². The van der Waals surface area contributed by atoms with Crippen LogP contribution in [0.5, 0.6) is 5.75 Å². The first-order valence-electron chi connectivity index (χ1n) is 6.88. The summed E-state index contributed by atoms with van der Waals surface area (Å²) >= 11 is 0. The Morgan fingerprint density at radius 2 is 2.19 bits per heavy atom. The highest BCUT2D eigenvalue weighted by molar-refractivity contribution is 5.90. The number of nitrogens with one attached hydrogen (secondary N) is 1. The normalized spacial score (nSPS) is 21.7. The van der Waals surface area contributed by atoms with Gasteiger partial charge in [-0.1, -0.05) is 6.07 Å². The number of carbonyl (C=O) groups excluding carboxylic acids is 1. The number of carboxylic acids is 1. The monoisotopic (exact) mass is 292 g/mol. The minimum Gasteiger partial charge on any atom is -0.497 e. The van der Waals surface area contributed by atoms with Crippen LogP contribution < -0.4 is 10.1 Å². The SMILES string of the molecule is COc1cccc(NC(=O)N2CCCC(C)(C(=O)O)C2)c1. The van der Waals surface area contributed by atoms with Gasteiger partial charge in [-0.15, -0.1) is 0 Å². The van der Waals surface area contributed by atoms with Crippen molar-refractivity contribution in [3.63, 3.8) is 0 Å². The second-order valence-corrected chi connectivity index (χ2v) is 5.55. The minimum absolute atomic E-state index is 0.220. The highest BCUT2D eigenvalue weighted by Gasteiger charge is 2.39. The second-order valence-electron chi connectivity index (χ2n) is 5.55. The van der Waals surface area contributed by atoms with Crippen LogP contribution in [0.2, 0.25) is 0 Å². The summed E-state index contributed by atoms with van der Waals surface area (Å²) in [5, 5.41) is 12.1. The van der Waals surface area contributed by atoms with Gasteiger partial charge in [0.15, 0.2) is 0 Å². The summed E-state index contributed by atoms with van der Waals surface area (Å²) in [5.41, 5.74) is -0.244. The van der Waals surface area contributed by atoms with E-state index in [2.05, 4.69) is 5.32 Å². The number of carbonyl (C=O) groups is 2. The van der Waals surface area contributed by atoms with E-state index in [0.717, 1.165) is 0 Å². The molecule has 2 amide bonds. The maximum absolute atomic E-state index is 12.3. The highest BCUT2D eigenvalue weighted by atomic mass is 16.5. The largest absolute Gasteiger partial charge is 0.497 e. The third-order valence-corrected chi connectivity index (χ3v) is 3.82. The first kappa shape index (κ1) is 15.2. The van der Waals surface area contributed by atoms with Gasteiger partial charge in [-0.3, -0.25) is 4.79 Å². The summed E-state index contributed by atoms with van der Waals surface area (Å²) in [4.78, 5) is 25.1. The van der Waals surface area contributed by atoms with Crippen LogP contribution in [0.4, 0.5) is 10.5 Å². The van der Waals surface area contributed by atoms with Gasteiger partial charge in [0, 0.05) is 24.8 Å². The van der Waals surface area contributed by atoms with Crippen molar-refractivity contribution in [1.82, 2.24) is 4.90 Å². The quantitative estimate of drug-likeness (QED) is 0.896. The van der Waals surface area contributed by atoms with E-state index in [9.17, 15) is 14.7 Å². The van der Waals surface area contributed by atoms with Crippen LogP contribution >= 0.6 is 0 Å². The molecule has 114 valence electrons. The van der Waals surface area contributed by atoms with Crippen molar-refractivity contribution in [3.8, 4) is 5.75 Å². The third kappa shape index (κ3) is 3.45. The molecule has 1 heterocycles.